The Bertz CT molecular complexity index is 381. The van der Waals surface area contributed by atoms with Crippen molar-refractivity contribution in [1.29, 1.82) is 0 Å². The first-order valence-electron chi connectivity index (χ1n) is 5.39. The topological polar surface area (TPSA) is 92.8 Å². The predicted octanol–water partition coefficient (Wildman–Crippen LogP) is -0.112. The van der Waals surface area contributed by atoms with Gasteiger partial charge in [-0.05, 0) is 19.8 Å². The van der Waals surface area contributed by atoms with Gasteiger partial charge >= 0.3 is 16.3 Å². The van der Waals surface area contributed by atoms with Gasteiger partial charge in [-0.2, -0.15) is 12.7 Å². The SMILES string of the molecule is CCOC(=O)NS(=O)(=O)N1CCCC(C=O)C1. The third-order valence-electron chi connectivity index (χ3n) is 2.44. The van der Waals surface area contributed by atoms with Crippen molar-refractivity contribution < 1.29 is 22.7 Å². The van der Waals surface area contributed by atoms with Crippen LogP contribution in [0.5, 0.6) is 0 Å². The summed E-state index contributed by atoms with van der Waals surface area (Å²) in [4.78, 5) is 21.7. The summed E-state index contributed by atoms with van der Waals surface area (Å²) in [6.45, 7) is 2.09. The number of piperidine rings is 1. The Kier molecular flexibility index (Phi) is 4.88. The van der Waals surface area contributed by atoms with E-state index in [2.05, 4.69) is 4.74 Å². The Morgan fingerprint density at radius 2 is 2.29 bits per heavy atom. The number of nitrogens with one attached hydrogen (secondary N) is 1. The van der Waals surface area contributed by atoms with Crippen LogP contribution in [0.1, 0.15) is 19.8 Å². The summed E-state index contributed by atoms with van der Waals surface area (Å²) in [6, 6.07) is 0. The lowest BCUT2D eigenvalue weighted by atomic mass is 10.0. The molecule has 0 bridgehead atoms. The zero-order valence-electron chi connectivity index (χ0n) is 9.59. The molecule has 0 radical (unpaired) electrons. The first-order chi connectivity index (χ1) is 7.99. The fourth-order valence-electron chi connectivity index (χ4n) is 1.63. The van der Waals surface area contributed by atoms with Gasteiger partial charge in [-0.25, -0.2) is 9.52 Å². The van der Waals surface area contributed by atoms with Crippen molar-refractivity contribution in [2.24, 2.45) is 5.92 Å². The van der Waals surface area contributed by atoms with Crippen LogP contribution in [0, 0.1) is 5.92 Å². The average Bonchev–Trinajstić information content (AvgIpc) is 2.28. The molecule has 17 heavy (non-hydrogen) atoms. The molecule has 0 aliphatic carbocycles. The third kappa shape index (κ3) is 3.97. The van der Waals surface area contributed by atoms with E-state index in [0.717, 1.165) is 10.6 Å². The highest BCUT2D eigenvalue weighted by Crippen LogP contribution is 2.16. The third-order valence-corrected chi connectivity index (χ3v) is 3.88. The molecule has 1 amide bonds. The van der Waals surface area contributed by atoms with E-state index in [1.807, 2.05) is 0 Å². The fraction of sp³-hybridized carbons (Fsp3) is 0.778. The highest BCUT2D eigenvalue weighted by molar-refractivity contribution is 7.87. The molecule has 0 spiro atoms. The second kappa shape index (κ2) is 5.97. The summed E-state index contributed by atoms with van der Waals surface area (Å²) in [5.41, 5.74) is 0. The molecule has 1 aliphatic rings. The molecule has 7 nitrogen and oxygen atoms in total. The fourth-order valence-corrected chi connectivity index (χ4v) is 2.79. The molecule has 0 aromatic heterocycles. The van der Waals surface area contributed by atoms with E-state index in [4.69, 9.17) is 0 Å². The maximum Gasteiger partial charge on any atom is 0.421 e. The minimum Gasteiger partial charge on any atom is -0.449 e. The molecule has 0 aromatic carbocycles. The van der Waals surface area contributed by atoms with Gasteiger partial charge in [0.15, 0.2) is 0 Å². The van der Waals surface area contributed by atoms with Crippen LogP contribution < -0.4 is 4.72 Å². The highest BCUT2D eigenvalue weighted by atomic mass is 32.2. The molecule has 1 atom stereocenters. The number of hydrogen-bond donors (Lipinski definition) is 1. The largest absolute Gasteiger partial charge is 0.449 e. The normalized spacial score (nSPS) is 21.8. The molecule has 1 saturated heterocycles. The lowest BCUT2D eigenvalue weighted by Crippen LogP contribution is -2.48. The summed E-state index contributed by atoms with van der Waals surface area (Å²) in [7, 11) is -3.90. The van der Waals surface area contributed by atoms with Gasteiger partial charge in [0.05, 0.1) is 6.61 Å². The van der Waals surface area contributed by atoms with Crippen molar-refractivity contribution in [3.63, 3.8) is 0 Å². The zero-order valence-corrected chi connectivity index (χ0v) is 10.4. The van der Waals surface area contributed by atoms with Gasteiger partial charge in [0.25, 0.3) is 0 Å². The van der Waals surface area contributed by atoms with E-state index in [0.29, 0.717) is 19.4 Å². The number of ether oxygens (including phenoxy) is 1. The second-order valence-corrected chi connectivity index (χ2v) is 5.39. The van der Waals surface area contributed by atoms with Crippen LogP contribution in [0.25, 0.3) is 0 Å². The van der Waals surface area contributed by atoms with Crippen LogP contribution in [0.2, 0.25) is 0 Å². The molecule has 1 fully saturated rings. The standard InChI is InChI=1S/C9H16N2O5S/c1-2-16-9(13)10-17(14,15)11-5-3-4-8(6-11)7-12/h7-8H,2-6H2,1H3,(H,10,13). The summed E-state index contributed by atoms with van der Waals surface area (Å²) in [5, 5.41) is 0. The minimum atomic E-state index is -3.90. The zero-order chi connectivity index (χ0) is 12.9. The second-order valence-electron chi connectivity index (χ2n) is 3.72. The molecule has 0 saturated carbocycles. The van der Waals surface area contributed by atoms with E-state index in [1.165, 1.54) is 0 Å². The highest BCUT2D eigenvalue weighted by Gasteiger charge is 2.30. The van der Waals surface area contributed by atoms with Gasteiger partial charge < -0.3 is 9.53 Å². The van der Waals surface area contributed by atoms with Crippen LogP contribution in [0.3, 0.4) is 0 Å². The summed E-state index contributed by atoms with van der Waals surface area (Å²) < 4.78 is 30.8. The smallest absolute Gasteiger partial charge is 0.421 e. The van der Waals surface area contributed by atoms with E-state index in [-0.39, 0.29) is 19.1 Å². The number of nitrogens with zero attached hydrogens (tertiary/aromatic N) is 1. The van der Waals surface area contributed by atoms with E-state index < -0.39 is 16.3 Å². The van der Waals surface area contributed by atoms with E-state index >= 15 is 0 Å². The number of amides is 1. The maximum atomic E-state index is 11.7. The average molecular weight is 264 g/mol. The number of carbonyl (C=O) groups excluding carboxylic acids is 2. The Hall–Kier alpha value is -1.15. The van der Waals surface area contributed by atoms with Crippen LogP contribution in [-0.2, 0) is 19.7 Å². The summed E-state index contributed by atoms with van der Waals surface area (Å²) in [6.07, 6.45) is 1.02. The predicted molar refractivity (Wildman–Crippen MR) is 59.4 cm³/mol. The molecule has 98 valence electrons. The van der Waals surface area contributed by atoms with Gasteiger partial charge in [-0.1, -0.05) is 0 Å². The molecule has 1 N–H and O–H groups in total. The number of carbonyl (C=O) groups is 2. The van der Waals surface area contributed by atoms with Gasteiger partial charge in [-0.15, -0.1) is 0 Å². The molecular weight excluding hydrogens is 248 g/mol. The van der Waals surface area contributed by atoms with Crippen molar-refractivity contribution in [3.8, 4) is 0 Å². The summed E-state index contributed by atoms with van der Waals surface area (Å²) in [5.74, 6) is -0.303. The Labute approximate surface area is 100 Å². The molecule has 0 aromatic rings. The minimum absolute atomic E-state index is 0.0956. The molecule has 1 heterocycles. The monoisotopic (exact) mass is 264 g/mol. The lowest BCUT2D eigenvalue weighted by Gasteiger charge is -2.28. The first kappa shape index (κ1) is 13.9. The number of hydrogen-bond acceptors (Lipinski definition) is 5. The van der Waals surface area contributed by atoms with E-state index in [1.54, 1.807) is 11.6 Å². The van der Waals surface area contributed by atoms with Crippen molar-refractivity contribution in [2.45, 2.75) is 19.8 Å². The summed E-state index contributed by atoms with van der Waals surface area (Å²) >= 11 is 0. The van der Waals surface area contributed by atoms with Crippen molar-refractivity contribution in [2.75, 3.05) is 19.7 Å². The Morgan fingerprint density at radius 3 is 2.88 bits per heavy atom. The molecule has 1 rings (SSSR count). The van der Waals surface area contributed by atoms with Gasteiger partial charge in [-0.3, -0.25) is 0 Å². The Balaban J connectivity index is 2.63. The van der Waals surface area contributed by atoms with Gasteiger partial charge in [0.2, 0.25) is 0 Å². The van der Waals surface area contributed by atoms with Crippen molar-refractivity contribution in [3.05, 3.63) is 0 Å². The number of rotatable bonds is 4. The quantitative estimate of drug-likeness (QED) is 0.715. The van der Waals surface area contributed by atoms with Crippen LogP contribution in [-0.4, -0.2) is 44.8 Å². The van der Waals surface area contributed by atoms with E-state index in [9.17, 15) is 18.0 Å². The first-order valence-corrected chi connectivity index (χ1v) is 6.83. The molecule has 8 heteroatoms. The van der Waals surface area contributed by atoms with Gasteiger partial charge in [0.1, 0.15) is 6.29 Å². The van der Waals surface area contributed by atoms with Crippen molar-refractivity contribution in [1.82, 2.24) is 9.03 Å². The number of aldehydes is 1. The van der Waals surface area contributed by atoms with Crippen molar-refractivity contribution >= 4 is 22.6 Å². The maximum absolute atomic E-state index is 11.7. The van der Waals surface area contributed by atoms with Gasteiger partial charge in [0, 0.05) is 19.0 Å². The van der Waals surface area contributed by atoms with Crippen LogP contribution >= 0.6 is 0 Å². The molecule has 1 unspecified atom stereocenters. The van der Waals surface area contributed by atoms with Crippen LogP contribution in [0.15, 0.2) is 0 Å². The lowest BCUT2D eigenvalue weighted by molar-refractivity contribution is -0.112. The Morgan fingerprint density at radius 1 is 1.59 bits per heavy atom. The molecular formula is C9H16N2O5S. The molecule has 1 aliphatic heterocycles. The van der Waals surface area contributed by atoms with Crippen LogP contribution in [0.4, 0.5) is 4.79 Å².